The Morgan fingerprint density at radius 2 is 2.00 bits per heavy atom. The average Bonchev–Trinajstić information content (AvgIpc) is 2.40. The zero-order valence-corrected chi connectivity index (χ0v) is 12.1. The number of aliphatic imine (C=N–C) groups is 1. The Balaban J connectivity index is 2.45. The minimum atomic E-state index is -4.43. The molecule has 0 saturated heterocycles. The van der Waals surface area contributed by atoms with E-state index in [-0.39, 0.29) is 24.9 Å². The first-order valence-corrected chi connectivity index (χ1v) is 6.63. The molecule has 0 saturated carbocycles. The zero-order chi connectivity index (χ0) is 15.9. The highest BCUT2D eigenvalue weighted by atomic mass is 19.4. The van der Waals surface area contributed by atoms with Crippen LogP contribution in [-0.4, -0.2) is 25.7 Å². The maximum absolute atomic E-state index is 12.7. The molecule has 0 bridgehead atoms. The number of hydrogen-bond acceptors (Lipinski definition) is 2. The lowest BCUT2D eigenvalue weighted by Crippen LogP contribution is -2.35. The quantitative estimate of drug-likeness (QED) is 0.482. The number of ether oxygens (including phenoxy) is 1. The molecule has 0 aromatic heterocycles. The van der Waals surface area contributed by atoms with E-state index in [9.17, 15) is 13.2 Å². The van der Waals surface area contributed by atoms with Crippen molar-refractivity contribution < 1.29 is 17.9 Å². The van der Waals surface area contributed by atoms with Crippen LogP contribution in [0, 0.1) is 5.92 Å². The molecule has 7 heteroatoms. The maximum Gasteiger partial charge on any atom is 0.419 e. The van der Waals surface area contributed by atoms with Crippen molar-refractivity contribution in [1.29, 1.82) is 0 Å². The Hall–Kier alpha value is -1.92. The van der Waals surface area contributed by atoms with E-state index in [1.807, 2.05) is 13.8 Å². The van der Waals surface area contributed by atoms with Crippen molar-refractivity contribution in [3.05, 3.63) is 29.8 Å². The van der Waals surface area contributed by atoms with Crippen LogP contribution in [0.3, 0.4) is 0 Å². The molecule has 0 amide bonds. The lowest BCUT2D eigenvalue weighted by molar-refractivity contribution is -0.138. The van der Waals surface area contributed by atoms with Crippen LogP contribution >= 0.6 is 0 Å². The highest BCUT2D eigenvalue weighted by Crippen LogP contribution is 2.35. The van der Waals surface area contributed by atoms with Gasteiger partial charge in [0, 0.05) is 6.54 Å². The molecule has 0 fully saturated rings. The van der Waals surface area contributed by atoms with Crippen molar-refractivity contribution in [2.45, 2.75) is 20.0 Å². The van der Waals surface area contributed by atoms with E-state index in [4.69, 9.17) is 10.5 Å². The fourth-order valence-electron chi connectivity index (χ4n) is 1.50. The van der Waals surface area contributed by atoms with Crippen LogP contribution in [0.15, 0.2) is 29.3 Å². The second-order valence-electron chi connectivity index (χ2n) is 4.89. The monoisotopic (exact) mass is 303 g/mol. The topological polar surface area (TPSA) is 59.6 Å². The first-order chi connectivity index (χ1) is 9.80. The molecule has 1 rings (SSSR count). The van der Waals surface area contributed by atoms with Crippen molar-refractivity contribution in [1.82, 2.24) is 5.32 Å². The Morgan fingerprint density at radius 3 is 2.62 bits per heavy atom. The standard InChI is InChI=1S/C14H20F3N3O/c1-10(2)9-20-13(18)19-7-8-21-12-6-4-3-5-11(12)14(15,16)17/h3-6,10H,7-9H2,1-2H3,(H3,18,19,20). The highest BCUT2D eigenvalue weighted by molar-refractivity contribution is 5.77. The third kappa shape index (κ3) is 6.37. The Labute approximate surface area is 122 Å². The summed E-state index contributed by atoms with van der Waals surface area (Å²) in [5, 5.41) is 2.79. The molecule has 0 aliphatic carbocycles. The molecule has 0 aliphatic heterocycles. The number of alkyl halides is 3. The van der Waals surface area contributed by atoms with E-state index in [2.05, 4.69) is 10.3 Å². The fourth-order valence-corrected chi connectivity index (χ4v) is 1.50. The third-order valence-corrected chi connectivity index (χ3v) is 2.48. The molecule has 0 atom stereocenters. The molecule has 1 aromatic rings. The molecule has 0 radical (unpaired) electrons. The van der Waals surface area contributed by atoms with Gasteiger partial charge < -0.3 is 15.8 Å². The van der Waals surface area contributed by atoms with Crippen LogP contribution in [0.5, 0.6) is 5.75 Å². The average molecular weight is 303 g/mol. The molecule has 0 spiro atoms. The minimum Gasteiger partial charge on any atom is -0.491 e. The summed E-state index contributed by atoms with van der Waals surface area (Å²) in [5.74, 6) is 0.459. The molecule has 0 unspecified atom stereocenters. The SMILES string of the molecule is CC(C)CN=C(N)NCCOc1ccccc1C(F)(F)F. The van der Waals surface area contributed by atoms with E-state index in [1.54, 1.807) is 0 Å². The number of nitrogens with two attached hydrogens (primary N) is 1. The number of guanidine groups is 1. The molecule has 0 aliphatic rings. The molecule has 21 heavy (non-hydrogen) atoms. The number of nitrogens with zero attached hydrogens (tertiary/aromatic N) is 1. The molecular formula is C14H20F3N3O. The van der Waals surface area contributed by atoms with Gasteiger partial charge in [-0.05, 0) is 18.1 Å². The van der Waals surface area contributed by atoms with Crippen LogP contribution in [-0.2, 0) is 6.18 Å². The van der Waals surface area contributed by atoms with Crippen LogP contribution in [0.1, 0.15) is 19.4 Å². The van der Waals surface area contributed by atoms with Gasteiger partial charge in [0.25, 0.3) is 0 Å². The fraction of sp³-hybridized carbons (Fsp3) is 0.500. The van der Waals surface area contributed by atoms with Gasteiger partial charge in [0.15, 0.2) is 5.96 Å². The van der Waals surface area contributed by atoms with Crippen molar-refractivity contribution in [2.24, 2.45) is 16.6 Å². The van der Waals surface area contributed by atoms with Gasteiger partial charge in [-0.2, -0.15) is 13.2 Å². The Morgan fingerprint density at radius 1 is 1.33 bits per heavy atom. The predicted octanol–water partition coefficient (Wildman–Crippen LogP) is 2.64. The number of hydrogen-bond donors (Lipinski definition) is 2. The van der Waals surface area contributed by atoms with Crippen molar-refractivity contribution in [2.75, 3.05) is 19.7 Å². The third-order valence-electron chi connectivity index (χ3n) is 2.48. The summed E-state index contributed by atoms with van der Waals surface area (Å²) in [4.78, 5) is 4.07. The highest BCUT2D eigenvalue weighted by Gasteiger charge is 2.33. The van der Waals surface area contributed by atoms with E-state index < -0.39 is 11.7 Å². The summed E-state index contributed by atoms with van der Waals surface area (Å²) in [6.45, 7) is 4.95. The van der Waals surface area contributed by atoms with Gasteiger partial charge >= 0.3 is 6.18 Å². The number of rotatable bonds is 6. The minimum absolute atomic E-state index is 0.0605. The molecule has 1 aromatic carbocycles. The summed E-state index contributed by atoms with van der Waals surface area (Å²) in [6, 6.07) is 5.10. The molecule has 3 N–H and O–H groups in total. The lowest BCUT2D eigenvalue weighted by Gasteiger charge is -2.14. The first-order valence-electron chi connectivity index (χ1n) is 6.63. The molecule has 118 valence electrons. The van der Waals surface area contributed by atoms with E-state index in [0.717, 1.165) is 6.07 Å². The number of nitrogens with one attached hydrogen (secondary N) is 1. The van der Waals surface area contributed by atoms with Gasteiger partial charge in [-0.1, -0.05) is 26.0 Å². The van der Waals surface area contributed by atoms with Crippen LogP contribution in [0.4, 0.5) is 13.2 Å². The summed E-state index contributed by atoms with van der Waals surface area (Å²) in [6.07, 6.45) is -4.43. The predicted molar refractivity (Wildman–Crippen MR) is 76.3 cm³/mol. The van der Waals surface area contributed by atoms with Crippen LogP contribution in [0.2, 0.25) is 0 Å². The summed E-state index contributed by atoms with van der Waals surface area (Å²) >= 11 is 0. The number of halogens is 3. The van der Waals surface area contributed by atoms with Crippen molar-refractivity contribution >= 4 is 5.96 Å². The second kappa shape index (κ2) is 7.75. The largest absolute Gasteiger partial charge is 0.491 e. The summed E-state index contributed by atoms with van der Waals surface area (Å²) in [5.41, 5.74) is 4.82. The van der Waals surface area contributed by atoms with Crippen LogP contribution < -0.4 is 15.8 Å². The molecular weight excluding hydrogens is 283 g/mol. The van der Waals surface area contributed by atoms with Gasteiger partial charge in [-0.15, -0.1) is 0 Å². The summed E-state index contributed by atoms with van der Waals surface area (Å²) in [7, 11) is 0. The van der Waals surface area contributed by atoms with Gasteiger partial charge in [0.1, 0.15) is 12.4 Å². The summed E-state index contributed by atoms with van der Waals surface area (Å²) < 4.78 is 43.3. The van der Waals surface area contributed by atoms with Gasteiger partial charge in [0.2, 0.25) is 0 Å². The zero-order valence-electron chi connectivity index (χ0n) is 12.1. The molecule has 4 nitrogen and oxygen atoms in total. The maximum atomic E-state index is 12.7. The first kappa shape index (κ1) is 17.1. The normalized spacial score (nSPS) is 12.6. The smallest absolute Gasteiger partial charge is 0.419 e. The van der Waals surface area contributed by atoms with Gasteiger partial charge in [0.05, 0.1) is 12.1 Å². The van der Waals surface area contributed by atoms with Gasteiger partial charge in [-0.25, -0.2) is 0 Å². The lowest BCUT2D eigenvalue weighted by atomic mass is 10.2. The Kier molecular flexibility index (Phi) is 6.33. The Bertz CT molecular complexity index is 473. The number of benzene rings is 1. The van der Waals surface area contributed by atoms with E-state index in [0.29, 0.717) is 12.5 Å². The van der Waals surface area contributed by atoms with Crippen LogP contribution in [0.25, 0.3) is 0 Å². The molecule has 0 heterocycles. The van der Waals surface area contributed by atoms with Crippen molar-refractivity contribution in [3.8, 4) is 5.75 Å². The van der Waals surface area contributed by atoms with Crippen molar-refractivity contribution in [3.63, 3.8) is 0 Å². The van der Waals surface area contributed by atoms with E-state index >= 15 is 0 Å². The van der Waals surface area contributed by atoms with Gasteiger partial charge in [-0.3, -0.25) is 4.99 Å². The second-order valence-corrected chi connectivity index (χ2v) is 4.89. The number of para-hydroxylation sites is 1. The van der Waals surface area contributed by atoms with E-state index in [1.165, 1.54) is 18.2 Å².